The molecular weight excluding hydrogens is 331 g/mol. The predicted octanol–water partition coefficient (Wildman–Crippen LogP) is 4.47. The normalized spacial score (nSPS) is 12.3. The molecule has 1 heterocycles. The van der Waals surface area contributed by atoms with Crippen molar-refractivity contribution < 1.29 is 13.6 Å². The Morgan fingerprint density at radius 1 is 1.13 bits per heavy atom. The van der Waals surface area contributed by atoms with Gasteiger partial charge in [-0.3, -0.25) is 9.05 Å². The SMILES string of the molecule is CCOP(=O)(N/N=C(/Cc1ccccc1)c1cccs1)OCC. The summed E-state index contributed by atoms with van der Waals surface area (Å²) in [7, 11) is -3.41. The van der Waals surface area contributed by atoms with Crippen molar-refractivity contribution >= 4 is 24.8 Å². The van der Waals surface area contributed by atoms with Crippen LogP contribution in [0.25, 0.3) is 0 Å². The first-order valence-corrected chi connectivity index (χ1v) is 9.90. The maximum Gasteiger partial charge on any atom is 0.448 e. The van der Waals surface area contributed by atoms with Crippen LogP contribution in [0.2, 0.25) is 0 Å². The van der Waals surface area contributed by atoms with E-state index in [4.69, 9.17) is 9.05 Å². The summed E-state index contributed by atoms with van der Waals surface area (Å²) in [6.07, 6.45) is 0.632. The molecule has 0 amide bonds. The standard InChI is InChI=1S/C16H21N2O3PS/c1-3-20-22(19,21-4-2)18-17-15(16-11-8-12-23-16)13-14-9-6-5-7-10-14/h5-12H,3-4,13H2,1-2H3,(H,18,19)/b17-15-. The quantitative estimate of drug-likeness (QED) is 0.411. The van der Waals surface area contributed by atoms with Crippen molar-refractivity contribution in [2.75, 3.05) is 13.2 Å². The minimum atomic E-state index is -3.41. The van der Waals surface area contributed by atoms with Gasteiger partial charge in [0, 0.05) is 6.42 Å². The first-order valence-electron chi connectivity index (χ1n) is 7.47. The highest BCUT2D eigenvalue weighted by Gasteiger charge is 2.23. The molecule has 5 nitrogen and oxygen atoms in total. The summed E-state index contributed by atoms with van der Waals surface area (Å²) in [5, 5.41) is 8.93. The van der Waals surface area contributed by atoms with Crippen molar-refractivity contribution in [3.8, 4) is 0 Å². The molecule has 0 aliphatic heterocycles. The zero-order chi connectivity index (χ0) is 16.5. The zero-order valence-corrected chi connectivity index (χ0v) is 15.0. The summed E-state index contributed by atoms with van der Waals surface area (Å²) >= 11 is 1.59. The summed E-state index contributed by atoms with van der Waals surface area (Å²) in [6, 6.07) is 14.0. The largest absolute Gasteiger partial charge is 0.448 e. The van der Waals surface area contributed by atoms with Crippen molar-refractivity contribution in [1.29, 1.82) is 0 Å². The zero-order valence-electron chi connectivity index (χ0n) is 13.3. The number of hydrogen-bond donors (Lipinski definition) is 1. The van der Waals surface area contributed by atoms with Crippen LogP contribution < -0.4 is 5.20 Å². The van der Waals surface area contributed by atoms with Gasteiger partial charge in [0.1, 0.15) is 0 Å². The highest BCUT2D eigenvalue weighted by molar-refractivity contribution is 7.51. The molecule has 0 aliphatic carbocycles. The number of nitrogens with zero attached hydrogens (tertiary/aromatic N) is 1. The minimum absolute atomic E-state index is 0.285. The lowest BCUT2D eigenvalue weighted by Gasteiger charge is -2.16. The first-order chi connectivity index (χ1) is 11.2. The Morgan fingerprint density at radius 3 is 2.39 bits per heavy atom. The van der Waals surface area contributed by atoms with Gasteiger partial charge in [-0.2, -0.15) is 5.10 Å². The lowest BCUT2D eigenvalue weighted by molar-refractivity contribution is 0.211. The molecule has 0 atom stereocenters. The Kier molecular flexibility index (Phi) is 6.99. The highest BCUT2D eigenvalue weighted by atomic mass is 32.1. The van der Waals surface area contributed by atoms with Crippen LogP contribution in [0.3, 0.4) is 0 Å². The topological polar surface area (TPSA) is 59.9 Å². The third kappa shape index (κ3) is 5.59. The van der Waals surface area contributed by atoms with Crippen molar-refractivity contribution in [1.82, 2.24) is 5.20 Å². The van der Waals surface area contributed by atoms with Gasteiger partial charge in [-0.1, -0.05) is 36.4 Å². The van der Waals surface area contributed by atoms with E-state index in [1.807, 2.05) is 47.8 Å². The maximum atomic E-state index is 12.5. The second kappa shape index (κ2) is 8.99. The van der Waals surface area contributed by atoms with E-state index in [1.54, 1.807) is 25.2 Å². The molecule has 1 N–H and O–H groups in total. The van der Waals surface area contributed by atoms with E-state index in [0.717, 1.165) is 16.2 Å². The third-order valence-corrected chi connectivity index (χ3v) is 5.39. The molecule has 2 aromatic rings. The molecule has 23 heavy (non-hydrogen) atoms. The van der Waals surface area contributed by atoms with Crippen LogP contribution in [-0.4, -0.2) is 18.9 Å². The molecule has 0 bridgehead atoms. The van der Waals surface area contributed by atoms with Crippen molar-refractivity contribution in [3.63, 3.8) is 0 Å². The van der Waals surface area contributed by atoms with Gasteiger partial charge in [0.05, 0.1) is 23.8 Å². The van der Waals surface area contributed by atoms with E-state index in [-0.39, 0.29) is 13.2 Å². The molecule has 0 saturated carbocycles. The van der Waals surface area contributed by atoms with Gasteiger partial charge >= 0.3 is 7.75 Å². The van der Waals surface area contributed by atoms with Crippen LogP contribution in [0.4, 0.5) is 0 Å². The Morgan fingerprint density at radius 2 is 1.83 bits per heavy atom. The van der Waals surface area contributed by atoms with Crippen LogP contribution in [0, 0.1) is 0 Å². The molecule has 0 saturated heterocycles. The number of nitrogens with one attached hydrogen (secondary N) is 1. The Labute approximate surface area is 140 Å². The van der Waals surface area contributed by atoms with E-state index in [2.05, 4.69) is 10.3 Å². The molecule has 0 spiro atoms. The maximum absolute atomic E-state index is 12.5. The van der Waals surface area contributed by atoms with E-state index < -0.39 is 7.75 Å². The predicted molar refractivity (Wildman–Crippen MR) is 95.0 cm³/mol. The Bertz CT molecular complexity index is 649. The fraction of sp³-hybridized carbons (Fsp3) is 0.312. The average molecular weight is 352 g/mol. The monoisotopic (exact) mass is 352 g/mol. The fourth-order valence-electron chi connectivity index (χ4n) is 1.97. The molecule has 2 rings (SSSR count). The molecule has 124 valence electrons. The number of hydrogen-bond acceptors (Lipinski definition) is 5. The second-order valence-corrected chi connectivity index (χ2v) is 7.29. The van der Waals surface area contributed by atoms with Crippen molar-refractivity contribution in [3.05, 3.63) is 58.3 Å². The summed E-state index contributed by atoms with van der Waals surface area (Å²) in [5.41, 5.74) is 1.93. The van der Waals surface area contributed by atoms with Gasteiger partial charge in [-0.25, -0.2) is 9.76 Å². The van der Waals surface area contributed by atoms with Gasteiger partial charge in [-0.05, 0) is 30.9 Å². The number of rotatable bonds is 9. The van der Waals surface area contributed by atoms with Crippen molar-refractivity contribution in [2.24, 2.45) is 5.10 Å². The van der Waals surface area contributed by atoms with E-state index in [1.165, 1.54) is 0 Å². The smallest absolute Gasteiger partial charge is 0.292 e. The molecular formula is C16H21N2O3PS. The first kappa shape index (κ1) is 17.9. The molecule has 1 aromatic carbocycles. The summed E-state index contributed by atoms with van der Waals surface area (Å²) in [5.74, 6) is 0. The second-order valence-electron chi connectivity index (χ2n) is 4.63. The lowest BCUT2D eigenvalue weighted by atomic mass is 10.1. The number of benzene rings is 1. The van der Waals surface area contributed by atoms with Gasteiger partial charge in [-0.15, -0.1) is 11.3 Å². The highest BCUT2D eigenvalue weighted by Crippen LogP contribution is 2.43. The van der Waals surface area contributed by atoms with Gasteiger partial charge in [0.25, 0.3) is 0 Å². The molecule has 0 unspecified atom stereocenters. The number of thiophene rings is 1. The van der Waals surface area contributed by atoms with Crippen LogP contribution >= 0.6 is 19.1 Å². The average Bonchev–Trinajstić information content (AvgIpc) is 3.07. The summed E-state index contributed by atoms with van der Waals surface area (Å²) < 4.78 is 22.9. The Hall–Kier alpha value is -1.46. The van der Waals surface area contributed by atoms with E-state index in [0.29, 0.717) is 6.42 Å². The minimum Gasteiger partial charge on any atom is -0.292 e. The van der Waals surface area contributed by atoms with E-state index >= 15 is 0 Å². The van der Waals surface area contributed by atoms with Gasteiger partial charge in [0.2, 0.25) is 0 Å². The molecule has 1 aromatic heterocycles. The van der Waals surface area contributed by atoms with Crippen LogP contribution in [0.1, 0.15) is 24.3 Å². The van der Waals surface area contributed by atoms with Gasteiger partial charge in [0.15, 0.2) is 0 Å². The van der Waals surface area contributed by atoms with Crippen LogP contribution in [0.15, 0.2) is 52.9 Å². The van der Waals surface area contributed by atoms with Gasteiger partial charge < -0.3 is 0 Å². The van der Waals surface area contributed by atoms with E-state index in [9.17, 15) is 4.57 Å². The molecule has 0 aliphatic rings. The Balaban J connectivity index is 2.21. The molecule has 0 radical (unpaired) electrons. The number of hydrazone groups is 1. The molecule has 7 heteroatoms. The van der Waals surface area contributed by atoms with Crippen LogP contribution in [-0.2, 0) is 20.0 Å². The summed E-state index contributed by atoms with van der Waals surface area (Å²) in [4.78, 5) is 1.01. The van der Waals surface area contributed by atoms with Crippen LogP contribution in [0.5, 0.6) is 0 Å². The third-order valence-electron chi connectivity index (χ3n) is 2.93. The lowest BCUT2D eigenvalue weighted by Crippen LogP contribution is -2.14. The summed E-state index contributed by atoms with van der Waals surface area (Å²) in [6.45, 7) is 4.10. The molecule has 0 fully saturated rings. The fourth-order valence-corrected chi connectivity index (χ4v) is 3.80. The van der Waals surface area contributed by atoms with Crippen molar-refractivity contribution in [2.45, 2.75) is 20.3 Å².